The summed E-state index contributed by atoms with van der Waals surface area (Å²) in [6.45, 7) is 7.04. The standard InChI is InChI=1S/C15H26N4O/c1-4-6-10-17-15(19-16)18-13-8-7-9-14(11-13)20-12(3)5-2/h7-9,11-12H,4-6,10,16H2,1-3H3,(H2,17,18,19). The number of hydrazine groups is 1. The lowest BCUT2D eigenvalue weighted by Crippen LogP contribution is -2.36. The van der Waals surface area contributed by atoms with Gasteiger partial charge >= 0.3 is 0 Å². The van der Waals surface area contributed by atoms with E-state index in [0.29, 0.717) is 5.96 Å². The lowest BCUT2D eigenvalue weighted by molar-refractivity contribution is 0.217. The molecule has 112 valence electrons. The van der Waals surface area contributed by atoms with E-state index in [4.69, 9.17) is 10.6 Å². The predicted molar refractivity (Wildman–Crippen MR) is 85.0 cm³/mol. The van der Waals surface area contributed by atoms with Gasteiger partial charge in [-0.15, -0.1) is 0 Å². The summed E-state index contributed by atoms with van der Waals surface area (Å²) < 4.78 is 5.79. The molecular formula is C15H26N4O. The van der Waals surface area contributed by atoms with Crippen LogP contribution in [0.25, 0.3) is 0 Å². The van der Waals surface area contributed by atoms with Gasteiger partial charge in [-0.2, -0.15) is 0 Å². The summed E-state index contributed by atoms with van der Waals surface area (Å²) in [5, 5.41) is 3.15. The molecule has 1 rings (SSSR count). The van der Waals surface area contributed by atoms with Crippen molar-refractivity contribution in [1.29, 1.82) is 0 Å². The number of rotatable bonds is 7. The maximum Gasteiger partial charge on any atom is 0.210 e. The number of anilines is 1. The zero-order valence-electron chi connectivity index (χ0n) is 12.6. The van der Waals surface area contributed by atoms with Crippen molar-refractivity contribution in [3.63, 3.8) is 0 Å². The zero-order valence-corrected chi connectivity index (χ0v) is 12.6. The van der Waals surface area contributed by atoms with Gasteiger partial charge in [-0.1, -0.05) is 26.3 Å². The third kappa shape index (κ3) is 5.93. The van der Waals surface area contributed by atoms with Crippen LogP contribution in [-0.2, 0) is 0 Å². The molecule has 0 aromatic heterocycles. The van der Waals surface area contributed by atoms with Crippen LogP contribution in [-0.4, -0.2) is 18.6 Å². The fourth-order valence-electron chi connectivity index (χ4n) is 1.57. The minimum atomic E-state index is 0.204. The Morgan fingerprint density at radius 2 is 2.20 bits per heavy atom. The molecule has 0 fully saturated rings. The van der Waals surface area contributed by atoms with Gasteiger partial charge in [0.25, 0.3) is 0 Å². The van der Waals surface area contributed by atoms with Gasteiger partial charge in [-0.25, -0.2) is 5.84 Å². The van der Waals surface area contributed by atoms with Crippen molar-refractivity contribution in [3.05, 3.63) is 24.3 Å². The summed E-state index contributed by atoms with van der Waals surface area (Å²) >= 11 is 0. The Labute approximate surface area is 121 Å². The molecule has 0 saturated heterocycles. The third-order valence-electron chi connectivity index (χ3n) is 2.93. The van der Waals surface area contributed by atoms with E-state index in [-0.39, 0.29) is 6.10 Å². The van der Waals surface area contributed by atoms with E-state index in [9.17, 15) is 0 Å². The van der Waals surface area contributed by atoms with Crippen molar-refractivity contribution in [2.24, 2.45) is 10.8 Å². The topological polar surface area (TPSA) is 71.7 Å². The number of guanidine groups is 1. The van der Waals surface area contributed by atoms with Crippen molar-refractivity contribution < 1.29 is 4.74 Å². The number of hydrogen-bond donors (Lipinski definition) is 3. The van der Waals surface area contributed by atoms with E-state index in [1.165, 1.54) is 0 Å². The van der Waals surface area contributed by atoms with Crippen LogP contribution < -0.4 is 21.3 Å². The molecule has 0 aliphatic heterocycles. The molecule has 0 saturated carbocycles. The van der Waals surface area contributed by atoms with Crippen molar-refractivity contribution in [1.82, 2.24) is 5.43 Å². The summed E-state index contributed by atoms with van der Waals surface area (Å²) in [4.78, 5) is 4.36. The first kappa shape index (κ1) is 16.3. The Kier molecular flexibility index (Phi) is 7.50. The van der Waals surface area contributed by atoms with Crippen LogP contribution in [0.1, 0.15) is 40.0 Å². The third-order valence-corrected chi connectivity index (χ3v) is 2.93. The van der Waals surface area contributed by atoms with Gasteiger partial charge in [0.2, 0.25) is 5.96 Å². The van der Waals surface area contributed by atoms with Gasteiger partial charge in [0.15, 0.2) is 0 Å². The molecule has 20 heavy (non-hydrogen) atoms. The lowest BCUT2D eigenvalue weighted by atomic mass is 10.3. The summed E-state index contributed by atoms with van der Waals surface area (Å²) in [6.07, 6.45) is 3.34. The van der Waals surface area contributed by atoms with Crippen LogP contribution in [0.2, 0.25) is 0 Å². The van der Waals surface area contributed by atoms with E-state index in [1.807, 2.05) is 24.3 Å². The van der Waals surface area contributed by atoms with Gasteiger partial charge in [0.1, 0.15) is 5.75 Å². The van der Waals surface area contributed by atoms with Crippen LogP contribution in [0.5, 0.6) is 5.75 Å². The SMILES string of the molecule is CCCCN=C(NN)Nc1cccc(OC(C)CC)c1. The monoisotopic (exact) mass is 278 g/mol. The molecule has 0 aliphatic carbocycles. The number of nitrogens with one attached hydrogen (secondary N) is 2. The first-order valence-corrected chi connectivity index (χ1v) is 7.24. The molecule has 0 bridgehead atoms. The fraction of sp³-hybridized carbons (Fsp3) is 0.533. The van der Waals surface area contributed by atoms with E-state index >= 15 is 0 Å². The van der Waals surface area contributed by atoms with Crippen LogP contribution in [0, 0.1) is 0 Å². The molecule has 0 spiro atoms. The molecule has 4 N–H and O–H groups in total. The van der Waals surface area contributed by atoms with E-state index in [1.54, 1.807) is 0 Å². The molecule has 0 amide bonds. The lowest BCUT2D eigenvalue weighted by Gasteiger charge is -2.14. The maximum atomic E-state index is 5.79. The number of nitrogens with two attached hydrogens (primary N) is 1. The molecule has 0 aliphatic rings. The van der Waals surface area contributed by atoms with Gasteiger partial charge in [0.05, 0.1) is 6.10 Å². The second kappa shape index (κ2) is 9.20. The highest BCUT2D eigenvalue weighted by molar-refractivity contribution is 5.93. The number of benzene rings is 1. The van der Waals surface area contributed by atoms with E-state index in [0.717, 1.165) is 37.2 Å². The van der Waals surface area contributed by atoms with E-state index in [2.05, 4.69) is 36.5 Å². The van der Waals surface area contributed by atoms with Gasteiger partial charge < -0.3 is 10.1 Å². The molecule has 5 nitrogen and oxygen atoms in total. The summed E-state index contributed by atoms with van der Waals surface area (Å²) in [5.41, 5.74) is 3.48. The molecule has 1 aromatic rings. The summed E-state index contributed by atoms with van der Waals surface area (Å²) in [7, 11) is 0. The number of unbranched alkanes of at least 4 members (excludes halogenated alkanes) is 1. The average Bonchev–Trinajstić information content (AvgIpc) is 2.46. The van der Waals surface area contributed by atoms with Crippen molar-refractivity contribution >= 4 is 11.6 Å². The Morgan fingerprint density at radius 1 is 1.40 bits per heavy atom. The maximum absolute atomic E-state index is 5.79. The normalized spacial score (nSPS) is 12.9. The van der Waals surface area contributed by atoms with Gasteiger partial charge in [-0.05, 0) is 31.9 Å². The summed E-state index contributed by atoms with van der Waals surface area (Å²) in [5.74, 6) is 6.88. The number of aliphatic imine (C=N–C) groups is 1. The quantitative estimate of drug-likeness (QED) is 0.236. The summed E-state index contributed by atoms with van der Waals surface area (Å²) in [6, 6.07) is 7.79. The highest BCUT2D eigenvalue weighted by atomic mass is 16.5. The second-order valence-electron chi connectivity index (χ2n) is 4.72. The minimum Gasteiger partial charge on any atom is -0.491 e. The largest absolute Gasteiger partial charge is 0.491 e. The van der Waals surface area contributed by atoms with E-state index < -0.39 is 0 Å². The smallest absolute Gasteiger partial charge is 0.210 e. The highest BCUT2D eigenvalue weighted by Crippen LogP contribution is 2.19. The van der Waals surface area contributed by atoms with Crippen LogP contribution in [0.4, 0.5) is 5.69 Å². The van der Waals surface area contributed by atoms with Gasteiger partial charge in [-0.3, -0.25) is 10.4 Å². The Bertz CT molecular complexity index is 420. The van der Waals surface area contributed by atoms with Crippen molar-refractivity contribution in [3.8, 4) is 5.75 Å². The van der Waals surface area contributed by atoms with Crippen LogP contribution >= 0.6 is 0 Å². The molecule has 1 unspecified atom stereocenters. The number of ether oxygens (including phenoxy) is 1. The van der Waals surface area contributed by atoms with Crippen LogP contribution in [0.15, 0.2) is 29.3 Å². The molecule has 1 aromatic carbocycles. The molecule has 1 atom stereocenters. The Balaban J connectivity index is 2.66. The fourth-order valence-corrected chi connectivity index (χ4v) is 1.57. The minimum absolute atomic E-state index is 0.204. The zero-order chi connectivity index (χ0) is 14.8. The van der Waals surface area contributed by atoms with Crippen molar-refractivity contribution in [2.75, 3.05) is 11.9 Å². The average molecular weight is 278 g/mol. The number of hydrogen-bond acceptors (Lipinski definition) is 3. The Morgan fingerprint density at radius 3 is 2.85 bits per heavy atom. The molecule has 5 heteroatoms. The first-order chi connectivity index (χ1) is 9.69. The number of nitrogens with zero attached hydrogens (tertiary/aromatic N) is 1. The van der Waals surface area contributed by atoms with Crippen LogP contribution in [0.3, 0.4) is 0 Å². The molecule has 0 radical (unpaired) electrons. The predicted octanol–water partition coefficient (Wildman–Crippen LogP) is 2.90. The Hall–Kier alpha value is -1.75. The second-order valence-corrected chi connectivity index (χ2v) is 4.72. The first-order valence-electron chi connectivity index (χ1n) is 7.24. The van der Waals surface area contributed by atoms with Gasteiger partial charge in [0, 0.05) is 18.3 Å². The molecule has 0 heterocycles. The highest BCUT2D eigenvalue weighted by Gasteiger charge is 2.03. The molecular weight excluding hydrogens is 252 g/mol. The van der Waals surface area contributed by atoms with Crippen molar-refractivity contribution in [2.45, 2.75) is 46.1 Å².